The molecular weight excluding hydrogens is 184 g/mol. The highest BCUT2D eigenvalue weighted by molar-refractivity contribution is 4.63. The van der Waals surface area contributed by atoms with E-state index >= 15 is 0 Å². The van der Waals surface area contributed by atoms with Crippen LogP contribution in [0.2, 0.25) is 0 Å². The smallest absolute Gasteiger partial charge is 0.0460 e. The van der Waals surface area contributed by atoms with Gasteiger partial charge in [0.05, 0.1) is 0 Å². The lowest BCUT2D eigenvalue weighted by Crippen LogP contribution is -2.14. The Morgan fingerprint density at radius 2 is 0.929 bits per heavy atom. The van der Waals surface area contributed by atoms with Gasteiger partial charge in [0.2, 0.25) is 0 Å². The van der Waals surface area contributed by atoms with Crippen molar-refractivity contribution in [3.05, 3.63) is 0 Å². The van der Waals surface area contributed by atoms with Gasteiger partial charge in [-0.3, -0.25) is 0 Å². The third kappa shape index (κ3) is 6.32. The number of hydrogen-bond acceptors (Lipinski definition) is 4. The molecule has 86 valence electrons. The summed E-state index contributed by atoms with van der Waals surface area (Å²) in [5, 5.41) is 35.3. The summed E-state index contributed by atoms with van der Waals surface area (Å²) in [4.78, 5) is 0. The fourth-order valence-corrected chi connectivity index (χ4v) is 1.49. The third-order valence-electron chi connectivity index (χ3n) is 2.57. The van der Waals surface area contributed by atoms with E-state index in [9.17, 15) is 0 Å². The van der Waals surface area contributed by atoms with E-state index in [2.05, 4.69) is 0 Å². The second-order valence-corrected chi connectivity index (χ2v) is 3.70. The van der Waals surface area contributed by atoms with Gasteiger partial charge in [-0.2, -0.15) is 0 Å². The van der Waals surface area contributed by atoms with Gasteiger partial charge in [-0.15, -0.1) is 0 Å². The molecule has 0 aromatic rings. The molecule has 4 heteroatoms. The molecule has 0 aliphatic carbocycles. The number of hydrogen-bond donors (Lipinski definition) is 4. The van der Waals surface area contributed by atoms with E-state index in [0.717, 1.165) is 12.8 Å². The van der Waals surface area contributed by atoms with Crippen LogP contribution in [0.4, 0.5) is 0 Å². The third-order valence-corrected chi connectivity index (χ3v) is 2.57. The molecule has 0 aromatic heterocycles. The Hall–Kier alpha value is -0.160. The molecule has 0 spiro atoms. The molecule has 0 amide bonds. The predicted octanol–water partition coefficient (Wildman–Crippen LogP) is -0.252. The Kier molecular flexibility index (Phi) is 9.29. The van der Waals surface area contributed by atoms with Crippen LogP contribution >= 0.6 is 0 Å². The lowest BCUT2D eigenvalue weighted by molar-refractivity contribution is 0.144. The van der Waals surface area contributed by atoms with Gasteiger partial charge in [-0.25, -0.2) is 0 Å². The topological polar surface area (TPSA) is 80.9 Å². The zero-order valence-electron chi connectivity index (χ0n) is 8.60. The summed E-state index contributed by atoms with van der Waals surface area (Å²) in [5.74, 6) is 0.237. The van der Waals surface area contributed by atoms with Gasteiger partial charge in [-0.1, -0.05) is 0 Å². The fourth-order valence-electron chi connectivity index (χ4n) is 1.49. The van der Waals surface area contributed by atoms with Crippen molar-refractivity contribution in [1.82, 2.24) is 0 Å². The molecule has 2 unspecified atom stereocenters. The van der Waals surface area contributed by atoms with Gasteiger partial charge in [0.15, 0.2) is 0 Å². The maximum Gasteiger partial charge on any atom is 0.0460 e. The second-order valence-electron chi connectivity index (χ2n) is 3.70. The van der Waals surface area contributed by atoms with Crippen LogP contribution in [0.5, 0.6) is 0 Å². The van der Waals surface area contributed by atoms with Gasteiger partial charge in [0.1, 0.15) is 0 Å². The zero-order valence-corrected chi connectivity index (χ0v) is 8.60. The normalized spacial score (nSPS) is 15.4. The number of aliphatic hydroxyl groups is 4. The van der Waals surface area contributed by atoms with Crippen molar-refractivity contribution < 1.29 is 20.4 Å². The molecule has 2 atom stereocenters. The summed E-state index contributed by atoms with van der Waals surface area (Å²) in [6.07, 6.45) is 2.80. The van der Waals surface area contributed by atoms with Crippen molar-refractivity contribution in [1.29, 1.82) is 0 Å². The quantitative estimate of drug-likeness (QED) is 0.419. The summed E-state index contributed by atoms with van der Waals surface area (Å²) in [7, 11) is 0. The van der Waals surface area contributed by atoms with Gasteiger partial charge >= 0.3 is 0 Å². The molecule has 14 heavy (non-hydrogen) atoms. The largest absolute Gasteiger partial charge is 0.396 e. The molecule has 0 rings (SSSR count). The number of aliphatic hydroxyl groups excluding tert-OH is 4. The molecule has 0 aromatic carbocycles. The second kappa shape index (κ2) is 9.40. The predicted molar refractivity (Wildman–Crippen MR) is 53.8 cm³/mol. The van der Waals surface area contributed by atoms with Crippen LogP contribution in [0, 0.1) is 11.8 Å². The van der Waals surface area contributed by atoms with Crippen LogP contribution in [0.3, 0.4) is 0 Å². The SMILES string of the molecule is OCCC(CO)CCC(CO)CCO. The highest BCUT2D eigenvalue weighted by Crippen LogP contribution is 2.17. The van der Waals surface area contributed by atoms with E-state index in [1.165, 1.54) is 0 Å². The van der Waals surface area contributed by atoms with Crippen LogP contribution in [0.1, 0.15) is 25.7 Å². The molecule has 0 saturated carbocycles. The summed E-state index contributed by atoms with van der Waals surface area (Å²) in [6.45, 7) is 0.347. The summed E-state index contributed by atoms with van der Waals surface area (Å²) >= 11 is 0. The highest BCUT2D eigenvalue weighted by atomic mass is 16.3. The first-order valence-corrected chi connectivity index (χ1v) is 5.21. The van der Waals surface area contributed by atoms with Crippen LogP contribution < -0.4 is 0 Å². The van der Waals surface area contributed by atoms with Gasteiger partial charge in [0.25, 0.3) is 0 Å². The molecule has 0 bridgehead atoms. The zero-order chi connectivity index (χ0) is 10.8. The Bertz CT molecular complexity index is 105. The Labute approximate surface area is 85.2 Å². The monoisotopic (exact) mass is 206 g/mol. The molecule has 0 aliphatic heterocycles. The summed E-state index contributed by atoms with van der Waals surface area (Å²) in [5.41, 5.74) is 0. The first kappa shape index (κ1) is 13.8. The van der Waals surface area contributed by atoms with Crippen LogP contribution in [-0.2, 0) is 0 Å². The van der Waals surface area contributed by atoms with Gasteiger partial charge in [-0.05, 0) is 37.5 Å². The minimum absolute atomic E-state index is 0.0812. The molecule has 0 fully saturated rings. The molecule has 4 N–H and O–H groups in total. The minimum atomic E-state index is 0.0812. The van der Waals surface area contributed by atoms with Crippen LogP contribution in [-0.4, -0.2) is 46.9 Å². The first-order valence-electron chi connectivity index (χ1n) is 5.21. The van der Waals surface area contributed by atoms with Gasteiger partial charge < -0.3 is 20.4 Å². The molecule has 4 nitrogen and oxygen atoms in total. The van der Waals surface area contributed by atoms with E-state index in [1.807, 2.05) is 0 Å². The minimum Gasteiger partial charge on any atom is -0.396 e. The van der Waals surface area contributed by atoms with Crippen molar-refractivity contribution >= 4 is 0 Å². The van der Waals surface area contributed by atoms with E-state index in [1.54, 1.807) is 0 Å². The van der Waals surface area contributed by atoms with Crippen molar-refractivity contribution in [2.45, 2.75) is 25.7 Å². The Morgan fingerprint density at radius 3 is 1.14 bits per heavy atom. The molecular formula is C10H22O4. The van der Waals surface area contributed by atoms with Crippen LogP contribution in [0.25, 0.3) is 0 Å². The fraction of sp³-hybridized carbons (Fsp3) is 1.00. The van der Waals surface area contributed by atoms with Crippen molar-refractivity contribution in [3.8, 4) is 0 Å². The van der Waals surface area contributed by atoms with E-state index < -0.39 is 0 Å². The number of rotatable bonds is 9. The summed E-state index contributed by atoms with van der Waals surface area (Å²) < 4.78 is 0. The highest BCUT2D eigenvalue weighted by Gasteiger charge is 2.11. The van der Waals surface area contributed by atoms with E-state index in [-0.39, 0.29) is 38.3 Å². The Morgan fingerprint density at radius 1 is 0.571 bits per heavy atom. The van der Waals surface area contributed by atoms with Crippen molar-refractivity contribution in [2.24, 2.45) is 11.8 Å². The standard InChI is InChI=1S/C10H22O4/c11-5-3-9(7-13)1-2-10(8-14)4-6-12/h9-14H,1-8H2. The average molecular weight is 206 g/mol. The Balaban J connectivity index is 3.63. The average Bonchev–Trinajstić information content (AvgIpc) is 2.22. The van der Waals surface area contributed by atoms with Crippen LogP contribution in [0.15, 0.2) is 0 Å². The molecule has 0 radical (unpaired) electrons. The maximum atomic E-state index is 8.95. The molecule has 0 aliphatic rings. The van der Waals surface area contributed by atoms with E-state index in [0.29, 0.717) is 12.8 Å². The van der Waals surface area contributed by atoms with Crippen molar-refractivity contribution in [3.63, 3.8) is 0 Å². The first-order chi connectivity index (χ1) is 6.78. The lowest BCUT2D eigenvalue weighted by atomic mass is 9.93. The maximum absolute atomic E-state index is 8.95. The van der Waals surface area contributed by atoms with Gasteiger partial charge in [0, 0.05) is 26.4 Å². The van der Waals surface area contributed by atoms with Crippen molar-refractivity contribution in [2.75, 3.05) is 26.4 Å². The molecule has 0 heterocycles. The summed E-state index contributed by atoms with van der Waals surface area (Å²) in [6, 6.07) is 0. The van der Waals surface area contributed by atoms with E-state index in [4.69, 9.17) is 20.4 Å². The molecule has 0 saturated heterocycles. The lowest BCUT2D eigenvalue weighted by Gasteiger charge is -2.17.